The van der Waals surface area contributed by atoms with Crippen LogP contribution < -0.4 is 0 Å². The van der Waals surface area contributed by atoms with E-state index in [1.807, 2.05) is 45.0 Å². The molecule has 2 rings (SSSR count). The molecule has 0 heterocycles. The van der Waals surface area contributed by atoms with Crippen molar-refractivity contribution in [3.63, 3.8) is 0 Å². The summed E-state index contributed by atoms with van der Waals surface area (Å²) in [5.74, 6) is -0.813. The molecule has 0 radical (unpaired) electrons. The first-order valence-corrected chi connectivity index (χ1v) is 7.93. The van der Waals surface area contributed by atoms with Crippen molar-refractivity contribution < 1.29 is 19.1 Å². The minimum Gasteiger partial charge on any atom is -0.462 e. The number of carbonyl (C=O) groups is 2. The molecule has 0 aromatic heterocycles. The van der Waals surface area contributed by atoms with Gasteiger partial charge in [-0.3, -0.25) is 0 Å². The average Bonchev–Trinajstić information content (AvgIpc) is 2.58. The Morgan fingerprint density at radius 1 is 0.750 bits per heavy atom. The molecule has 2 aromatic rings. The third-order valence-corrected chi connectivity index (χ3v) is 3.57. The van der Waals surface area contributed by atoms with Gasteiger partial charge < -0.3 is 9.47 Å². The lowest BCUT2D eigenvalue weighted by atomic mass is 10.1. The van der Waals surface area contributed by atoms with Gasteiger partial charge in [0.2, 0.25) is 0 Å². The first kappa shape index (κ1) is 17.7. The van der Waals surface area contributed by atoms with Crippen LogP contribution in [0, 0.1) is 19.8 Å². The molecule has 0 aliphatic heterocycles. The van der Waals surface area contributed by atoms with E-state index in [2.05, 4.69) is 0 Å². The van der Waals surface area contributed by atoms with Crippen molar-refractivity contribution in [2.24, 2.45) is 5.92 Å². The molecule has 126 valence electrons. The van der Waals surface area contributed by atoms with Crippen molar-refractivity contribution in [3.05, 3.63) is 70.8 Å². The van der Waals surface area contributed by atoms with E-state index >= 15 is 0 Å². The van der Waals surface area contributed by atoms with E-state index in [0.717, 1.165) is 11.1 Å². The van der Waals surface area contributed by atoms with Gasteiger partial charge >= 0.3 is 11.9 Å². The van der Waals surface area contributed by atoms with Gasteiger partial charge in [0.05, 0.1) is 24.3 Å². The highest BCUT2D eigenvalue weighted by Crippen LogP contribution is 2.09. The quantitative estimate of drug-likeness (QED) is 0.754. The summed E-state index contributed by atoms with van der Waals surface area (Å²) in [5, 5.41) is 0. The van der Waals surface area contributed by atoms with E-state index in [-0.39, 0.29) is 31.1 Å². The second kappa shape index (κ2) is 8.29. The number of ether oxygens (including phenoxy) is 2. The Morgan fingerprint density at radius 3 is 1.42 bits per heavy atom. The van der Waals surface area contributed by atoms with Crippen LogP contribution in [-0.2, 0) is 9.47 Å². The molecule has 0 N–H and O–H groups in total. The van der Waals surface area contributed by atoms with Crippen LogP contribution in [0.25, 0.3) is 0 Å². The Balaban J connectivity index is 1.75. The van der Waals surface area contributed by atoms with Gasteiger partial charge in [0.25, 0.3) is 0 Å². The maximum Gasteiger partial charge on any atom is 0.338 e. The van der Waals surface area contributed by atoms with Gasteiger partial charge in [-0.05, 0) is 38.1 Å². The summed E-state index contributed by atoms with van der Waals surface area (Å²) in [7, 11) is 0. The Hall–Kier alpha value is -2.62. The third-order valence-electron chi connectivity index (χ3n) is 3.57. The minimum atomic E-state index is -0.369. The molecular weight excluding hydrogens is 304 g/mol. The third kappa shape index (κ3) is 5.23. The second-order valence-electron chi connectivity index (χ2n) is 6.03. The normalized spacial score (nSPS) is 10.5. The summed E-state index contributed by atoms with van der Waals surface area (Å²) in [5.41, 5.74) is 3.21. The first-order valence-electron chi connectivity index (χ1n) is 7.93. The molecule has 24 heavy (non-hydrogen) atoms. The zero-order valence-electron chi connectivity index (χ0n) is 14.2. The SMILES string of the molecule is Cc1ccc(C(=O)OCC(C)COC(=O)c2ccc(C)cc2)cc1. The van der Waals surface area contributed by atoms with E-state index in [9.17, 15) is 9.59 Å². The summed E-state index contributed by atoms with van der Waals surface area (Å²) >= 11 is 0. The first-order chi connectivity index (χ1) is 11.5. The fourth-order valence-corrected chi connectivity index (χ4v) is 2.03. The fraction of sp³-hybridized carbons (Fsp3) is 0.300. The lowest BCUT2D eigenvalue weighted by Gasteiger charge is -2.13. The minimum absolute atomic E-state index is 0.0752. The smallest absolute Gasteiger partial charge is 0.338 e. The lowest BCUT2D eigenvalue weighted by Crippen LogP contribution is -2.18. The fourth-order valence-electron chi connectivity index (χ4n) is 2.03. The van der Waals surface area contributed by atoms with Gasteiger partial charge in [0, 0.05) is 5.92 Å². The van der Waals surface area contributed by atoms with E-state index in [4.69, 9.17) is 9.47 Å². The Kier molecular flexibility index (Phi) is 6.13. The molecule has 0 spiro atoms. The maximum absolute atomic E-state index is 11.9. The molecule has 0 fully saturated rings. The molecule has 0 bridgehead atoms. The number of esters is 2. The van der Waals surface area contributed by atoms with Crippen molar-refractivity contribution >= 4 is 11.9 Å². The summed E-state index contributed by atoms with van der Waals surface area (Å²) in [6.07, 6.45) is 0. The van der Waals surface area contributed by atoms with Gasteiger partial charge in [0.1, 0.15) is 0 Å². The maximum atomic E-state index is 11.9. The molecule has 0 saturated carbocycles. The second-order valence-corrected chi connectivity index (χ2v) is 6.03. The summed E-state index contributed by atoms with van der Waals surface area (Å²) in [6, 6.07) is 14.4. The van der Waals surface area contributed by atoms with Crippen LogP contribution >= 0.6 is 0 Å². The Morgan fingerprint density at radius 2 is 1.08 bits per heavy atom. The number of hydrogen-bond donors (Lipinski definition) is 0. The Labute approximate surface area is 142 Å². The molecule has 0 aliphatic rings. The lowest BCUT2D eigenvalue weighted by molar-refractivity contribution is 0.0283. The van der Waals surface area contributed by atoms with Crippen molar-refractivity contribution in [1.82, 2.24) is 0 Å². The van der Waals surface area contributed by atoms with Gasteiger partial charge in [-0.25, -0.2) is 9.59 Å². The molecule has 0 atom stereocenters. The summed E-state index contributed by atoms with van der Waals surface area (Å²) in [6.45, 7) is 6.19. The Bertz CT molecular complexity index is 625. The van der Waals surface area contributed by atoms with Crippen LogP contribution in [0.15, 0.2) is 48.5 Å². The van der Waals surface area contributed by atoms with Crippen LogP contribution in [0.3, 0.4) is 0 Å². The predicted octanol–water partition coefficient (Wildman–Crippen LogP) is 3.95. The number of hydrogen-bond acceptors (Lipinski definition) is 4. The van der Waals surface area contributed by atoms with Crippen molar-refractivity contribution in [1.29, 1.82) is 0 Å². The molecule has 2 aromatic carbocycles. The number of carbonyl (C=O) groups excluding carboxylic acids is 2. The van der Waals surface area contributed by atoms with E-state index in [1.165, 1.54) is 0 Å². The highest BCUT2D eigenvalue weighted by molar-refractivity contribution is 5.90. The van der Waals surface area contributed by atoms with Crippen LogP contribution in [0.1, 0.15) is 38.8 Å². The zero-order valence-corrected chi connectivity index (χ0v) is 14.2. The average molecular weight is 326 g/mol. The molecule has 0 amide bonds. The van der Waals surface area contributed by atoms with E-state index < -0.39 is 0 Å². The van der Waals surface area contributed by atoms with Crippen LogP contribution in [0.4, 0.5) is 0 Å². The van der Waals surface area contributed by atoms with E-state index in [1.54, 1.807) is 24.3 Å². The molecule has 4 heteroatoms. The molecule has 0 aliphatic carbocycles. The van der Waals surface area contributed by atoms with Crippen LogP contribution in [-0.4, -0.2) is 25.2 Å². The number of rotatable bonds is 6. The monoisotopic (exact) mass is 326 g/mol. The molecular formula is C20H22O4. The highest BCUT2D eigenvalue weighted by atomic mass is 16.5. The largest absolute Gasteiger partial charge is 0.462 e. The predicted molar refractivity (Wildman–Crippen MR) is 92.1 cm³/mol. The standard InChI is InChI=1S/C20H22O4/c1-14-4-8-17(9-5-14)19(21)23-12-16(3)13-24-20(22)18-10-6-15(2)7-11-18/h4-11,16H,12-13H2,1-3H3. The number of aryl methyl sites for hydroxylation is 2. The van der Waals surface area contributed by atoms with Crippen molar-refractivity contribution in [2.75, 3.05) is 13.2 Å². The van der Waals surface area contributed by atoms with Gasteiger partial charge in [-0.1, -0.05) is 42.3 Å². The van der Waals surface area contributed by atoms with E-state index in [0.29, 0.717) is 11.1 Å². The van der Waals surface area contributed by atoms with Gasteiger partial charge in [-0.15, -0.1) is 0 Å². The van der Waals surface area contributed by atoms with Crippen molar-refractivity contribution in [3.8, 4) is 0 Å². The zero-order chi connectivity index (χ0) is 17.5. The van der Waals surface area contributed by atoms with Gasteiger partial charge in [0.15, 0.2) is 0 Å². The molecule has 4 nitrogen and oxygen atoms in total. The van der Waals surface area contributed by atoms with Crippen LogP contribution in [0.5, 0.6) is 0 Å². The van der Waals surface area contributed by atoms with Gasteiger partial charge in [-0.2, -0.15) is 0 Å². The molecule has 0 saturated heterocycles. The highest BCUT2D eigenvalue weighted by Gasteiger charge is 2.13. The van der Waals surface area contributed by atoms with Crippen molar-refractivity contribution in [2.45, 2.75) is 20.8 Å². The summed E-state index contributed by atoms with van der Waals surface area (Å²) < 4.78 is 10.5. The topological polar surface area (TPSA) is 52.6 Å². The summed E-state index contributed by atoms with van der Waals surface area (Å²) in [4.78, 5) is 23.8. The molecule has 0 unspecified atom stereocenters. The van der Waals surface area contributed by atoms with Crippen LogP contribution in [0.2, 0.25) is 0 Å². The number of benzene rings is 2.